The monoisotopic (exact) mass is 300 g/mol. The molecule has 0 bridgehead atoms. The molecule has 17 heavy (non-hydrogen) atoms. The number of halogens is 2. The number of rotatable bonds is 4. The summed E-state index contributed by atoms with van der Waals surface area (Å²) in [6, 6.07) is 5.08. The first-order valence-electron chi connectivity index (χ1n) is 6.27. The number of hydrogen-bond donors (Lipinski definition) is 0. The van der Waals surface area contributed by atoms with Gasteiger partial charge in [0.2, 0.25) is 0 Å². The highest BCUT2D eigenvalue weighted by atomic mass is 79.9. The van der Waals surface area contributed by atoms with Gasteiger partial charge >= 0.3 is 0 Å². The summed E-state index contributed by atoms with van der Waals surface area (Å²) in [7, 11) is 0. The highest BCUT2D eigenvalue weighted by Gasteiger charge is 2.16. The molecule has 0 amide bonds. The molecule has 0 radical (unpaired) electrons. The van der Waals surface area contributed by atoms with E-state index in [2.05, 4.69) is 15.9 Å². The zero-order valence-electron chi connectivity index (χ0n) is 9.92. The highest BCUT2D eigenvalue weighted by molar-refractivity contribution is 9.08. The maximum Gasteiger partial charge on any atom is 0.165 e. The van der Waals surface area contributed by atoms with E-state index in [1.807, 2.05) is 6.07 Å². The molecular weight excluding hydrogens is 283 g/mol. The van der Waals surface area contributed by atoms with Gasteiger partial charge in [-0.1, -0.05) is 47.3 Å². The lowest BCUT2D eigenvalue weighted by Gasteiger charge is -2.22. The zero-order chi connectivity index (χ0) is 12.1. The Morgan fingerprint density at radius 1 is 1.24 bits per heavy atom. The van der Waals surface area contributed by atoms with E-state index >= 15 is 0 Å². The molecule has 0 N–H and O–H groups in total. The van der Waals surface area contributed by atoms with Crippen molar-refractivity contribution in [2.45, 2.75) is 37.4 Å². The Morgan fingerprint density at radius 2 is 2.00 bits per heavy atom. The number of ether oxygens (including phenoxy) is 1. The molecule has 1 nitrogen and oxygen atoms in total. The smallest absolute Gasteiger partial charge is 0.165 e. The topological polar surface area (TPSA) is 9.23 Å². The lowest BCUT2D eigenvalue weighted by Crippen LogP contribution is -2.16. The minimum absolute atomic E-state index is 0.252. The fraction of sp³-hybridized carbons (Fsp3) is 0.571. The van der Waals surface area contributed by atoms with Crippen LogP contribution in [-0.4, -0.2) is 6.61 Å². The van der Waals surface area contributed by atoms with Gasteiger partial charge in [-0.3, -0.25) is 0 Å². The molecule has 0 aromatic heterocycles. The van der Waals surface area contributed by atoms with Gasteiger partial charge in [-0.2, -0.15) is 0 Å². The predicted octanol–water partition coefficient (Wildman–Crippen LogP) is 4.68. The minimum atomic E-state index is -0.252. The fourth-order valence-electron chi connectivity index (χ4n) is 2.38. The molecule has 0 heterocycles. The van der Waals surface area contributed by atoms with Crippen molar-refractivity contribution in [2.24, 2.45) is 5.92 Å². The summed E-state index contributed by atoms with van der Waals surface area (Å²) in [4.78, 5) is 0. The van der Waals surface area contributed by atoms with Gasteiger partial charge in [-0.05, 0) is 24.8 Å². The Kier molecular flexibility index (Phi) is 4.84. The van der Waals surface area contributed by atoms with Crippen LogP contribution in [0.1, 0.15) is 37.7 Å². The summed E-state index contributed by atoms with van der Waals surface area (Å²) in [5.41, 5.74) is 0.890. The van der Waals surface area contributed by atoms with Gasteiger partial charge in [0.25, 0.3) is 0 Å². The first-order chi connectivity index (χ1) is 8.31. The van der Waals surface area contributed by atoms with Gasteiger partial charge in [0.15, 0.2) is 11.6 Å². The van der Waals surface area contributed by atoms with Crippen LogP contribution >= 0.6 is 15.9 Å². The van der Waals surface area contributed by atoms with Crippen molar-refractivity contribution >= 4 is 15.9 Å². The number of para-hydroxylation sites is 1. The van der Waals surface area contributed by atoms with E-state index in [-0.39, 0.29) is 5.82 Å². The van der Waals surface area contributed by atoms with Crippen molar-refractivity contribution in [3.8, 4) is 5.75 Å². The molecule has 1 aromatic rings. The molecule has 0 aliphatic heterocycles. The Bertz CT molecular complexity index is 361. The van der Waals surface area contributed by atoms with E-state index in [0.717, 1.165) is 5.56 Å². The third-order valence-corrected chi connectivity index (χ3v) is 3.98. The number of benzene rings is 1. The summed E-state index contributed by atoms with van der Waals surface area (Å²) in [6.07, 6.45) is 6.35. The Hall–Kier alpha value is -0.570. The zero-order valence-corrected chi connectivity index (χ0v) is 11.5. The molecule has 0 saturated heterocycles. The molecule has 1 aliphatic carbocycles. The van der Waals surface area contributed by atoms with Crippen LogP contribution in [0.25, 0.3) is 0 Å². The van der Waals surface area contributed by atoms with Crippen molar-refractivity contribution in [3.05, 3.63) is 29.6 Å². The highest BCUT2D eigenvalue weighted by Crippen LogP contribution is 2.28. The average molecular weight is 301 g/mol. The molecule has 1 aliphatic rings. The normalized spacial score (nSPS) is 17.1. The van der Waals surface area contributed by atoms with E-state index in [9.17, 15) is 4.39 Å². The summed E-state index contributed by atoms with van der Waals surface area (Å²) < 4.78 is 19.3. The SMILES string of the molecule is Fc1cccc(CBr)c1OCC1CCCCC1. The molecule has 2 rings (SSSR count). The van der Waals surface area contributed by atoms with Crippen LogP contribution in [0.2, 0.25) is 0 Å². The molecule has 1 aromatic carbocycles. The van der Waals surface area contributed by atoms with Crippen LogP contribution in [0, 0.1) is 11.7 Å². The molecule has 1 saturated carbocycles. The van der Waals surface area contributed by atoms with Crippen molar-refractivity contribution < 1.29 is 9.13 Å². The maximum atomic E-state index is 13.6. The van der Waals surface area contributed by atoms with E-state index < -0.39 is 0 Å². The second-order valence-electron chi connectivity index (χ2n) is 4.68. The van der Waals surface area contributed by atoms with Gasteiger partial charge in [0.1, 0.15) is 0 Å². The number of hydrogen-bond acceptors (Lipinski definition) is 1. The van der Waals surface area contributed by atoms with Gasteiger partial charge in [-0.15, -0.1) is 0 Å². The van der Waals surface area contributed by atoms with Crippen LogP contribution in [-0.2, 0) is 5.33 Å². The standard InChI is InChI=1S/C14H18BrFO/c15-9-12-7-4-8-13(16)14(12)17-10-11-5-2-1-3-6-11/h4,7-8,11H,1-3,5-6,9-10H2. The van der Waals surface area contributed by atoms with Crippen molar-refractivity contribution in [2.75, 3.05) is 6.61 Å². The lowest BCUT2D eigenvalue weighted by atomic mass is 9.90. The quantitative estimate of drug-likeness (QED) is 0.734. The van der Waals surface area contributed by atoms with Crippen LogP contribution < -0.4 is 4.74 Å². The summed E-state index contributed by atoms with van der Waals surface area (Å²) >= 11 is 3.36. The first kappa shape index (κ1) is 12.9. The van der Waals surface area contributed by atoms with Crippen molar-refractivity contribution in [1.29, 1.82) is 0 Å². The largest absolute Gasteiger partial charge is 0.490 e. The van der Waals surface area contributed by atoms with Gasteiger partial charge in [0.05, 0.1) is 6.61 Å². The summed E-state index contributed by atoms with van der Waals surface area (Å²) in [5.74, 6) is 0.777. The molecule has 0 spiro atoms. The Labute approximate surface area is 110 Å². The van der Waals surface area contributed by atoms with Crippen LogP contribution in [0.5, 0.6) is 5.75 Å². The van der Waals surface area contributed by atoms with Gasteiger partial charge < -0.3 is 4.74 Å². The van der Waals surface area contributed by atoms with Gasteiger partial charge in [-0.25, -0.2) is 4.39 Å². The minimum Gasteiger partial charge on any atom is -0.490 e. The summed E-state index contributed by atoms with van der Waals surface area (Å²) in [6.45, 7) is 0.654. The van der Waals surface area contributed by atoms with E-state index in [1.165, 1.54) is 38.2 Å². The molecule has 94 valence electrons. The first-order valence-corrected chi connectivity index (χ1v) is 7.39. The molecule has 1 fully saturated rings. The second kappa shape index (κ2) is 6.39. The van der Waals surface area contributed by atoms with Gasteiger partial charge in [0, 0.05) is 10.9 Å². The van der Waals surface area contributed by atoms with E-state index in [0.29, 0.717) is 23.6 Å². The fourth-order valence-corrected chi connectivity index (χ4v) is 2.82. The summed E-state index contributed by atoms with van der Waals surface area (Å²) in [5, 5.41) is 0.630. The Balaban J connectivity index is 1.97. The number of alkyl halides is 1. The second-order valence-corrected chi connectivity index (χ2v) is 5.24. The van der Waals surface area contributed by atoms with Crippen LogP contribution in [0.3, 0.4) is 0 Å². The van der Waals surface area contributed by atoms with E-state index in [4.69, 9.17) is 4.74 Å². The predicted molar refractivity (Wildman–Crippen MR) is 71.1 cm³/mol. The third kappa shape index (κ3) is 3.44. The maximum absolute atomic E-state index is 13.6. The van der Waals surface area contributed by atoms with Crippen molar-refractivity contribution in [3.63, 3.8) is 0 Å². The van der Waals surface area contributed by atoms with Crippen LogP contribution in [0.15, 0.2) is 18.2 Å². The third-order valence-electron chi connectivity index (χ3n) is 3.38. The lowest BCUT2D eigenvalue weighted by molar-refractivity contribution is 0.201. The molecular formula is C14H18BrFO. The molecule has 3 heteroatoms. The van der Waals surface area contributed by atoms with E-state index in [1.54, 1.807) is 6.07 Å². The van der Waals surface area contributed by atoms with Crippen LogP contribution in [0.4, 0.5) is 4.39 Å². The van der Waals surface area contributed by atoms with Crippen molar-refractivity contribution in [1.82, 2.24) is 0 Å². The molecule has 0 unspecified atom stereocenters. The Morgan fingerprint density at radius 3 is 2.71 bits per heavy atom. The average Bonchev–Trinajstić information content (AvgIpc) is 2.38. The molecule has 0 atom stereocenters.